The number of carboxylic acid groups (broad SMARTS) is 1. The fourth-order valence-corrected chi connectivity index (χ4v) is 1.80. The molecule has 0 spiro atoms. The molecule has 0 aromatic carbocycles. The molecule has 5 nitrogen and oxygen atoms in total. The summed E-state index contributed by atoms with van der Waals surface area (Å²) in [5.41, 5.74) is -1.12. The van der Waals surface area contributed by atoms with E-state index in [0.29, 0.717) is 19.3 Å². The van der Waals surface area contributed by atoms with E-state index in [1.54, 1.807) is 13.8 Å². The van der Waals surface area contributed by atoms with Gasteiger partial charge in [0.1, 0.15) is 5.54 Å². The van der Waals surface area contributed by atoms with E-state index in [0.717, 1.165) is 6.54 Å². The van der Waals surface area contributed by atoms with Crippen LogP contribution in [-0.2, 0) is 9.59 Å². The zero-order chi connectivity index (χ0) is 13.5. The molecule has 1 amide bonds. The summed E-state index contributed by atoms with van der Waals surface area (Å²) in [5.74, 6) is -1.18. The number of rotatable bonds is 8. The van der Waals surface area contributed by atoms with Gasteiger partial charge in [0.15, 0.2) is 0 Å². The van der Waals surface area contributed by atoms with Crippen LogP contribution in [0.4, 0.5) is 0 Å². The molecule has 0 aliphatic heterocycles. The number of carboxylic acids is 1. The number of nitrogens with one attached hydrogen (secondary N) is 2. The standard InChI is InChI=1S/C12H24N2O3/c1-5-12(6-2,11(16)17)14-10(15)8-9(4)13-7-3/h9,13H,5-8H2,1-4H3,(H,14,15)(H,16,17). The van der Waals surface area contributed by atoms with Crippen LogP contribution in [0.3, 0.4) is 0 Å². The van der Waals surface area contributed by atoms with E-state index in [1.807, 2.05) is 13.8 Å². The molecule has 0 saturated carbocycles. The maximum Gasteiger partial charge on any atom is 0.329 e. The van der Waals surface area contributed by atoms with Crippen molar-refractivity contribution in [3.05, 3.63) is 0 Å². The predicted octanol–water partition coefficient (Wildman–Crippen LogP) is 1.13. The number of amides is 1. The smallest absolute Gasteiger partial charge is 0.329 e. The van der Waals surface area contributed by atoms with Crippen molar-refractivity contribution in [1.82, 2.24) is 10.6 Å². The first-order chi connectivity index (χ1) is 7.91. The molecule has 0 rings (SSSR count). The Kier molecular flexibility index (Phi) is 6.80. The van der Waals surface area contributed by atoms with Gasteiger partial charge in [-0.2, -0.15) is 0 Å². The molecule has 0 aliphatic carbocycles. The number of carbonyl (C=O) groups is 2. The molecular formula is C12H24N2O3. The van der Waals surface area contributed by atoms with Crippen LogP contribution in [0.15, 0.2) is 0 Å². The molecule has 1 atom stereocenters. The summed E-state index contributed by atoms with van der Waals surface area (Å²) in [6.07, 6.45) is 1.07. The summed E-state index contributed by atoms with van der Waals surface area (Å²) in [6.45, 7) is 8.20. The third-order valence-corrected chi connectivity index (χ3v) is 3.04. The van der Waals surface area contributed by atoms with Crippen molar-refractivity contribution in [3.8, 4) is 0 Å². The molecule has 0 bridgehead atoms. The van der Waals surface area contributed by atoms with Gasteiger partial charge in [0, 0.05) is 12.5 Å². The molecule has 0 aromatic heterocycles. The highest BCUT2D eigenvalue weighted by atomic mass is 16.4. The molecule has 0 fully saturated rings. The van der Waals surface area contributed by atoms with Gasteiger partial charge < -0.3 is 15.7 Å². The summed E-state index contributed by atoms with van der Waals surface area (Å²) in [4.78, 5) is 23.0. The minimum Gasteiger partial charge on any atom is -0.480 e. The van der Waals surface area contributed by atoms with Gasteiger partial charge in [-0.15, -0.1) is 0 Å². The van der Waals surface area contributed by atoms with E-state index >= 15 is 0 Å². The Hall–Kier alpha value is -1.10. The number of hydrogen-bond acceptors (Lipinski definition) is 3. The van der Waals surface area contributed by atoms with E-state index in [-0.39, 0.29) is 11.9 Å². The SMILES string of the molecule is CCNC(C)CC(=O)NC(CC)(CC)C(=O)O. The Morgan fingerprint density at radius 3 is 2.12 bits per heavy atom. The van der Waals surface area contributed by atoms with Crippen molar-refractivity contribution in [1.29, 1.82) is 0 Å². The lowest BCUT2D eigenvalue weighted by Crippen LogP contribution is -2.54. The van der Waals surface area contributed by atoms with Crippen LogP contribution < -0.4 is 10.6 Å². The Bertz CT molecular complexity index is 262. The second-order valence-corrected chi connectivity index (χ2v) is 4.31. The largest absolute Gasteiger partial charge is 0.480 e. The van der Waals surface area contributed by atoms with Gasteiger partial charge in [-0.05, 0) is 26.3 Å². The van der Waals surface area contributed by atoms with Gasteiger partial charge in [-0.3, -0.25) is 4.79 Å². The van der Waals surface area contributed by atoms with Crippen LogP contribution in [0, 0.1) is 0 Å². The van der Waals surface area contributed by atoms with Gasteiger partial charge in [0.2, 0.25) is 5.91 Å². The third-order valence-electron chi connectivity index (χ3n) is 3.04. The van der Waals surface area contributed by atoms with Gasteiger partial charge in [-0.1, -0.05) is 20.8 Å². The summed E-state index contributed by atoms with van der Waals surface area (Å²) >= 11 is 0. The first-order valence-corrected chi connectivity index (χ1v) is 6.19. The highest BCUT2D eigenvalue weighted by molar-refractivity contribution is 5.87. The van der Waals surface area contributed by atoms with Crippen LogP contribution in [0.25, 0.3) is 0 Å². The monoisotopic (exact) mass is 244 g/mol. The van der Waals surface area contributed by atoms with Crippen molar-refractivity contribution in [2.24, 2.45) is 0 Å². The predicted molar refractivity (Wildman–Crippen MR) is 66.8 cm³/mol. The number of hydrogen-bond donors (Lipinski definition) is 3. The summed E-state index contributed by atoms with van der Waals surface area (Å²) in [7, 11) is 0. The molecular weight excluding hydrogens is 220 g/mol. The first kappa shape index (κ1) is 15.9. The maximum absolute atomic E-state index is 11.8. The zero-order valence-corrected chi connectivity index (χ0v) is 11.2. The first-order valence-electron chi connectivity index (χ1n) is 6.19. The van der Waals surface area contributed by atoms with Crippen LogP contribution in [0.2, 0.25) is 0 Å². The van der Waals surface area contributed by atoms with Gasteiger partial charge >= 0.3 is 5.97 Å². The van der Waals surface area contributed by atoms with Gasteiger partial charge in [0.25, 0.3) is 0 Å². The molecule has 0 aliphatic rings. The molecule has 0 saturated heterocycles. The average molecular weight is 244 g/mol. The Morgan fingerprint density at radius 1 is 1.24 bits per heavy atom. The minimum absolute atomic E-state index is 0.0557. The summed E-state index contributed by atoms with van der Waals surface area (Å²) < 4.78 is 0. The second-order valence-electron chi connectivity index (χ2n) is 4.31. The third kappa shape index (κ3) is 4.73. The molecule has 100 valence electrons. The van der Waals surface area contributed by atoms with Crippen LogP contribution in [-0.4, -0.2) is 35.1 Å². The lowest BCUT2D eigenvalue weighted by molar-refractivity contribution is -0.148. The molecule has 3 N–H and O–H groups in total. The highest BCUT2D eigenvalue weighted by Gasteiger charge is 2.36. The molecule has 1 unspecified atom stereocenters. The van der Waals surface area contributed by atoms with Crippen molar-refractivity contribution in [2.45, 2.75) is 58.5 Å². The molecule has 0 aromatic rings. The van der Waals surface area contributed by atoms with E-state index in [2.05, 4.69) is 10.6 Å². The van der Waals surface area contributed by atoms with Crippen LogP contribution in [0.5, 0.6) is 0 Å². The lowest BCUT2D eigenvalue weighted by atomic mass is 9.92. The lowest BCUT2D eigenvalue weighted by Gasteiger charge is -2.28. The average Bonchev–Trinajstić information content (AvgIpc) is 2.25. The van der Waals surface area contributed by atoms with Crippen molar-refractivity contribution < 1.29 is 14.7 Å². The minimum atomic E-state index is -1.12. The van der Waals surface area contributed by atoms with Gasteiger partial charge in [0.05, 0.1) is 0 Å². The maximum atomic E-state index is 11.8. The summed E-state index contributed by atoms with van der Waals surface area (Å²) in [5, 5.41) is 14.9. The molecule has 0 radical (unpaired) electrons. The Labute approximate surface area is 103 Å². The normalized spacial score (nSPS) is 13.2. The van der Waals surface area contributed by atoms with Crippen LogP contribution in [0.1, 0.15) is 47.0 Å². The fraction of sp³-hybridized carbons (Fsp3) is 0.833. The quantitative estimate of drug-likeness (QED) is 0.598. The summed E-state index contributed by atoms with van der Waals surface area (Å²) in [6, 6.07) is 0.0557. The van der Waals surface area contributed by atoms with Crippen LogP contribution >= 0.6 is 0 Å². The fourth-order valence-electron chi connectivity index (χ4n) is 1.80. The van der Waals surface area contributed by atoms with E-state index in [9.17, 15) is 14.7 Å². The van der Waals surface area contributed by atoms with E-state index < -0.39 is 11.5 Å². The van der Waals surface area contributed by atoms with E-state index in [4.69, 9.17) is 0 Å². The molecule has 17 heavy (non-hydrogen) atoms. The highest BCUT2D eigenvalue weighted by Crippen LogP contribution is 2.15. The number of aliphatic carboxylic acids is 1. The Morgan fingerprint density at radius 2 is 1.76 bits per heavy atom. The Balaban J connectivity index is 4.47. The zero-order valence-electron chi connectivity index (χ0n) is 11.2. The van der Waals surface area contributed by atoms with Crippen molar-refractivity contribution >= 4 is 11.9 Å². The molecule has 5 heteroatoms. The van der Waals surface area contributed by atoms with Gasteiger partial charge in [-0.25, -0.2) is 4.79 Å². The van der Waals surface area contributed by atoms with Crippen molar-refractivity contribution in [2.75, 3.05) is 6.54 Å². The topological polar surface area (TPSA) is 78.4 Å². The van der Waals surface area contributed by atoms with E-state index in [1.165, 1.54) is 0 Å². The second kappa shape index (κ2) is 7.27. The number of carbonyl (C=O) groups excluding carboxylic acids is 1. The molecule has 0 heterocycles. The van der Waals surface area contributed by atoms with Crippen molar-refractivity contribution in [3.63, 3.8) is 0 Å².